The number of H-pyrrole nitrogens is 1. The van der Waals surface area contributed by atoms with Crippen LogP contribution in [-0.2, 0) is 6.54 Å². The fourth-order valence-electron chi connectivity index (χ4n) is 2.79. The number of hydrogen-bond donors (Lipinski definition) is 2. The van der Waals surface area contributed by atoms with Gasteiger partial charge in [-0.2, -0.15) is 5.10 Å². The van der Waals surface area contributed by atoms with Crippen molar-refractivity contribution in [3.63, 3.8) is 0 Å². The van der Waals surface area contributed by atoms with Crippen molar-refractivity contribution in [3.05, 3.63) is 54.1 Å². The van der Waals surface area contributed by atoms with Gasteiger partial charge in [-0.25, -0.2) is 4.98 Å². The molecular formula is C18H17N7O. The molecule has 0 fully saturated rings. The Labute approximate surface area is 149 Å². The molecule has 0 aliphatic carbocycles. The van der Waals surface area contributed by atoms with Crippen molar-refractivity contribution in [1.82, 2.24) is 29.9 Å². The van der Waals surface area contributed by atoms with Gasteiger partial charge < -0.3 is 9.88 Å². The van der Waals surface area contributed by atoms with Gasteiger partial charge >= 0.3 is 0 Å². The van der Waals surface area contributed by atoms with Crippen LogP contribution in [0, 0.1) is 6.92 Å². The third-order valence-electron chi connectivity index (χ3n) is 4.20. The molecule has 4 rings (SSSR count). The number of aromatic amines is 1. The molecule has 0 saturated carbocycles. The van der Waals surface area contributed by atoms with Crippen LogP contribution >= 0.6 is 0 Å². The van der Waals surface area contributed by atoms with Crippen molar-refractivity contribution in [3.8, 4) is 11.4 Å². The summed E-state index contributed by atoms with van der Waals surface area (Å²) in [6.07, 6.45) is 3.21. The summed E-state index contributed by atoms with van der Waals surface area (Å²) >= 11 is 0. The predicted molar refractivity (Wildman–Crippen MR) is 97.7 cm³/mol. The zero-order valence-electron chi connectivity index (χ0n) is 14.4. The average molecular weight is 347 g/mol. The van der Waals surface area contributed by atoms with Crippen molar-refractivity contribution < 1.29 is 4.79 Å². The summed E-state index contributed by atoms with van der Waals surface area (Å²) in [7, 11) is 0. The molecule has 3 aromatic heterocycles. The molecule has 0 unspecified atom stereocenters. The SMILES string of the molecule is CCn1cnnc1-c1cccc(NC(=O)c2cnc3n[nH]c(C)c3c2)c1. The number of nitrogens with one attached hydrogen (secondary N) is 2. The van der Waals surface area contributed by atoms with Crippen LogP contribution in [0.15, 0.2) is 42.9 Å². The molecule has 26 heavy (non-hydrogen) atoms. The smallest absolute Gasteiger partial charge is 0.257 e. The predicted octanol–water partition coefficient (Wildman–Crippen LogP) is 2.80. The van der Waals surface area contributed by atoms with Crippen LogP contribution in [0.25, 0.3) is 22.4 Å². The largest absolute Gasteiger partial charge is 0.322 e. The van der Waals surface area contributed by atoms with E-state index in [-0.39, 0.29) is 5.91 Å². The molecule has 8 nitrogen and oxygen atoms in total. The van der Waals surface area contributed by atoms with E-state index in [1.807, 2.05) is 42.7 Å². The average Bonchev–Trinajstić information content (AvgIpc) is 3.28. The van der Waals surface area contributed by atoms with E-state index in [2.05, 4.69) is 30.7 Å². The molecule has 0 atom stereocenters. The van der Waals surface area contributed by atoms with Crippen molar-refractivity contribution in [1.29, 1.82) is 0 Å². The number of pyridine rings is 1. The lowest BCUT2D eigenvalue weighted by Gasteiger charge is -2.08. The first-order valence-electron chi connectivity index (χ1n) is 8.26. The van der Waals surface area contributed by atoms with E-state index < -0.39 is 0 Å². The minimum atomic E-state index is -0.228. The topological polar surface area (TPSA) is 101 Å². The van der Waals surface area contributed by atoms with Crippen LogP contribution in [0.2, 0.25) is 0 Å². The Balaban J connectivity index is 1.61. The highest BCUT2D eigenvalue weighted by Gasteiger charge is 2.12. The molecule has 1 aromatic carbocycles. The third-order valence-corrected chi connectivity index (χ3v) is 4.20. The number of rotatable bonds is 4. The second-order valence-electron chi connectivity index (χ2n) is 5.92. The molecule has 130 valence electrons. The number of carbonyl (C=O) groups excluding carboxylic acids is 1. The Morgan fingerprint density at radius 1 is 1.31 bits per heavy atom. The van der Waals surface area contributed by atoms with Gasteiger partial charge in [0, 0.05) is 35.1 Å². The van der Waals surface area contributed by atoms with E-state index >= 15 is 0 Å². The van der Waals surface area contributed by atoms with Crippen LogP contribution in [0.3, 0.4) is 0 Å². The Hall–Kier alpha value is -3.55. The third kappa shape index (κ3) is 2.81. The Morgan fingerprint density at radius 2 is 2.19 bits per heavy atom. The monoisotopic (exact) mass is 347 g/mol. The number of aromatic nitrogens is 6. The van der Waals surface area contributed by atoms with Crippen molar-refractivity contribution in [2.75, 3.05) is 5.32 Å². The summed E-state index contributed by atoms with van der Waals surface area (Å²) in [5.74, 6) is 0.537. The summed E-state index contributed by atoms with van der Waals surface area (Å²) in [6.45, 7) is 4.69. The number of aryl methyl sites for hydroxylation is 2. The van der Waals surface area contributed by atoms with Crippen LogP contribution < -0.4 is 5.32 Å². The number of nitrogens with zero attached hydrogens (tertiary/aromatic N) is 5. The maximum atomic E-state index is 12.6. The molecule has 0 spiro atoms. The quantitative estimate of drug-likeness (QED) is 0.591. The molecule has 8 heteroatoms. The molecule has 0 bridgehead atoms. The summed E-state index contributed by atoms with van der Waals surface area (Å²) < 4.78 is 1.94. The fraction of sp³-hybridized carbons (Fsp3) is 0.167. The Bertz CT molecular complexity index is 1100. The molecule has 0 aliphatic rings. The van der Waals surface area contributed by atoms with Gasteiger partial charge in [0.2, 0.25) is 0 Å². The standard InChI is InChI=1S/C18H17N7O/c1-3-25-10-20-24-17(25)12-5-4-6-14(7-12)21-18(26)13-8-15-11(2)22-23-16(15)19-9-13/h4-10H,3H2,1-2H3,(H,21,26)(H,19,22,23). The molecule has 0 saturated heterocycles. The van der Waals surface area contributed by atoms with Crippen LogP contribution in [0.5, 0.6) is 0 Å². The second kappa shape index (κ2) is 6.40. The van der Waals surface area contributed by atoms with Crippen LogP contribution in [0.1, 0.15) is 23.0 Å². The molecule has 1 amide bonds. The normalized spacial score (nSPS) is 11.0. The van der Waals surface area contributed by atoms with Crippen LogP contribution in [-0.4, -0.2) is 35.9 Å². The highest BCUT2D eigenvalue weighted by Crippen LogP contribution is 2.22. The van der Waals surface area contributed by atoms with E-state index in [9.17, 15) is 4.79 Å². The molecule has 2 N–H and O–H groups in total. The van der Waals surface area contributed by atoms with E-state index in [4.69, 9.17) is 0 Å². The van der Waals surface area contributed by atoms with E-state index in [0.717, 1.165) is 29.0 Å². The van der Waals surface area contributed by atoms with Gasteiger partial charge in [0.25, 0.3) is 5.91 Å². The maximum Gasteiger partial charge on any atom is 0.257 e. The van der Waals surface area contributed by atoms with Crippen molar-refractivity contribution in [2.24, 2.45) is 0 Å². The molecule has 4 aromatic rings. The number of hydrogen-bond acceptors (Lipinski definition) is 5. The summed E-state index contributed by atoms with van der Waals surface area (Å²) in [4.78, 5) is 16.8. The summed E-state index contributed by atoms with van der Waals surface area (Å²) in [5, 5.41) is 18.8. The van der Waals surface area contributed by atoms with Gasteiger partial charge in [0.05, 0.1) is 5.56 Å². The fourth-order valence-corrected chi connectivity index (χ4v) is 2.79. The summed E-state index contributed by atoms with van der Waals surface area (Å²) in [6, 6.07) is 9.32. The Morgan fingerprint density at radius 3 is 3.04 bits per heavy atom. The van der Waals surface area contributed by atoms with Gasteiger partial charge in [-0.15, -0.1) is 10.2 Å². The first-order valence-corrected chi connectivity index (χ1v) is 8.26. The van der Waals surface area contributed by atoms with E-state index in [0.29, 0.717) is 16.9 Å². The van der Waals surface area contributed by atoms with Gasteiger partial charge in [0.15, 0.2) is 11.5 Å². The first kappa shape index (κ1) is 15.9. The number of benzene rings is 1. The molecular weight excluding hydrogens is 330 g/mol. The minimum absolute atomic E-state index is 0.228. The minimum Gasteiger partial charge on any atom is -0.322 e. The zero-order valence-corrected chi connectivity index (χ0v) is 14.4. The van der Waals surface area contributed by atoms with Crippen molar-refractivity contribution >= 4 is 22.6 Å². The van der Waals surface area contributed by atoms with E-state index in [1.54, 1.807) is 12.4 Å². The van der Waals surface area contributed by atoms with E-state index in [1.165, 1.54) is 6.20 Å². The number of carbonyl (C=O) groups is 1. The molecule has 0 radical (unpaired) electrons. The van der Waals surface area contributed by atoms with Gasteiger partial charge in [-0.05, 0) is 32.0 Å². The highest BCUT2D eigenvalue weighted by molar-refractivity contribution is 6.06. The lowest BCUT2D eigenvalue weighted by molar-refractivity contribution is 0.102. The van der Waals surface area contributed by atoms with Crippen LogP contribution in [0.4, 0.5) is 5.69 Å². The maximum absolute atomic E-state index is 12.6. The summed E-state index contributed by atoms with van der Waals surface area (Å²) in [5.41, 5.74) is 3.52. The second-order valence-corrected chi connectivity index (χ2v) is 5.92. The van der Waals surface area contributed by atoms with Crippen molar-refractivity contribution in [2.45, 2.75) is 20.4 Å². The lowest BCUT2D eigenvalue weighted by Crippen LogP contribution is -2.12. The van der Waals surface area contributed by atoms with Gasteiger partial charge in [-0.3, -0.25) is 9.89 Å². The Kier molecular flexibility index (Phi) is 3.92. The molecule has 3 heterocycles. The molecule has 0 aliphatic heterocycles. The first-order chi connectivity index (χ1) is 12.7. The number of fused-ring (bicyclic) bond motifs is 1. The highest BCUT2D eigenvalue weighted by atomic mass is 16.1. The lowest BCUT2D eigenvalue weighted by atomic mass is 10.1. The number of anilines is 1. The zero-order chi connectivity index (χ0) is 18.1. The number of amides is 1. The van der Waals surface area contributed by atoms with Gasteiger partial charge in [-0.1, -0.05) is 12.1 Å². The van der Waals surface area contributed by atoms with Gasteiger partial charge in [0.1, 0.15) is 6.33 Å².